The Kier molecular flexibility index (Phi) is 7.86. The molecule has 0 saturated carbocycles. The molecule has 1 N–H and O–H groups in total. The molecule has 0 aliphatic carbocycles. The van der Waals surface area contributed by atoms with Gasteiger partial charge in [0.15, 0.2) is 0 Å². The van der Waals surface area contributed by atoms with Crippen molar-refractivity contribution in [2.45, 2.75) is 32.6 Å². The lowest BCUT2D eigenvalue weighted by atomic mass is 10.3. The maximum Gasteiger partial charge on any atom is 0.407 e. The number of carbonyl (C=O) groups is 1. The number of rotatable bonds is 6. The molecule has 0 heterocycles. The molecule has 3 nitrogen and oxygen atoms in total. The number of unbranched alkanes of at least 4 members (excludes halogenated alkanes) is 2. The average molecular weight is 172 g/mol. The molecule has 0 aliphatic heterocycles. The molecule has 0 fully saturated rings. The predicted octanol–water partition coefficient (Wildman–Crippen LogP) is 2.13. The quantitative estimate of drug-likeness (QED) is 0.623. The standard InChI is InChI=1S/C9H18NO2/c1-3-5-7-10-9(11)12-8-6-4-2/h1,3-8H2,2H3,(H,10,11). The molecule has 71 valence electrons. The van der Waals surface area contributed by atoms with Gasteiger partial charge in [-0.15, -0.1) is 0 Å². The second kappa shape index (κ2) is 8.37. The van der Waals surface area contributed by atoms with Crippen LogP contribution in [-0.4, -0.2) is 19.2 Å². The molecule has 0 aromatic rings. The van der Waals surface area contributed by atoms with Crippen LogP contribution in [0.25, 0.3) is 0 Å². The van der Waals surface area contributed by atoms with E-state index in [0.29, 0.717) is 13.2 Å². The van der Waals surface area contributed by atoms with E-state index in [2.05, 4.69) is 19.2 Å². The van der Waals surface area contributed by atoms with Crippen LogP contribution in [0.5, 0.6) is 0 Å². The third kappa shape index (κ3) is 7.38. The van der Waals surface area contributed by atoms with Gasteiger partial charge in [0, 0.05) is 6.54 Å². The number of ether oxygens (including phenoxy) is 1. The number of hydrogen-bond donors (Lipinski definition) is 1. The zero-order valence-electron chi connectivity index (χ0n) is 7.77. The number of hydrogen-bond acceptors (Lipinski definition) is 2. The van der Waals surface area contributed by atoms with E-state index >= 15 is 0 Å². The van der Waals surface area contributed by atoms with Crippen molar-refractivity contribution in [2.24, 2.45) is 0 Å². The largest absolute Gasteiger partial charge is 0.450 e. The zero-order valence-corrected chi connectivity index (χ0v) is 7.77. The highest BCUT2D eigenvalue weighted by atomic mass is 16.5. The summed E-state index contributed by atoms with van der Waals surface area (Å²) in [7, 11) is 0. The molecule has 1 amide bonds. The number of amides is 1. The van der Waals surface area contributed by atoms with Crippen molar-refractivity contribution in [2.75, 3.05) is 13.2 Å². The summed E-state index contributed by atoms with van der Waals surface area (Å²) in [5.74, 6) is 0. The van der Waals surface area contributed by atoms with Crippen LogP contribution in [0.3, 0.4) is 0 Å². The van der Waals surface area contributed by atoms with Gasteiger partial charge < -0.3 is 10.1 Å². The minimum atomic E-state index is -0.308. The van der Waals surface area contributed by atoms with Crippen molar-refractivity contribution >= 4 is 6.09 Å². The van der Waals surface area contributed by atoms with Crippen molar-refractivity contribution in [1.29, 1.82) is 0 Å². The van der Waals surface area contributed by atoms with E-state index in [1.54, 1.807) is 0 Å². The van der Waals surface area contributed by atoms with E-state index < -0.39 is 0 Å². The SMILES string of the molecule is [CH2]CCCNC(=O)OCCCC. The summed E-state index contributed by atoms with van der Waals surface area (Å²) in [5, 5.41) is 2.64. The summed E-state index contributed by atoms with van der Waals surface area (Å²) in [6, 6.07) is 0. The Morgan fingerprint density at radius 1 is 1.50 bits per heavy atom. The number of nitrogens with one attached hydrogen (secondary N) is 1. The van der Waals surface area contributed by atoms with Crippen LogP contribution in [0, 0.1) is 6.92 Å². The first-order valence-corrected chi connectivity index (χ1v) is 4.51. The van der Waals surface area contributed by atoms with Gasteiger partial charge in [-0.05, 0) is 12.8 Å². The van der Waals surface area contributed by atoms with E-state index in [0.717, 1.165) is 25.7 Å². The van der Waals surface area contributed by atoms with Crippen molar-refractivity contribution in [1.82, 2.24) is 5.32 Å². The Labute approximate surface area is 74.5 Å². The Bertz CT molecular complexity index is 103. The first-order valence-electron chi connectivity index (χ1n) is 4.51. The maximum atomic E-state index is 10.8. The van der Waals surface area contributed by atoms with Gasteiger partial charge in [0.05, 0.1) is 6.61 Å². The Morgan fingerprint density at radius 3 is 2.83 bits per heavy atom. The van der Waals surface area contributed by atoms with Gasteiger partial charge in [0.1, 0.15) is 0 Å². The summed E-state index contributed by atoms with van der Waals surface area (Å²) in [5.41, 5.74) is 0. The third-order valence-electron chi connectivity index (χ3n) is 1.43. The molecular formula is C9H18NO2. The minimum Gasteiger partial charge on any atom is -0.450 e. The average Bonchev–Trinajstić information content (AvgIpc) is 2.06. The molecule has 3 heteroatoms. The monoisotopic (exact) mass is 172 g/mol. The van der Waals surface area contributed by atoms with Gasteiger partial charge in [-0.2, -0.15) is 0 Å². The molecule has 0 aromatic carbocycles. The second-order valence-electron chi connectivity index (χ2n) is 2.62. The molecule has 0 aliphatic rings. The first kappa shape index (κ1) is 11.3. The molecule has 0 unspecified atom stereocenters. The second-order valence-corrected chi connectivity index (χ2v) is 2.62. The van der Waals surface area contributed by atoms with Gasteiger partial charge in [0.25, 0.3) is 0 Å². The summed E-state index contributed by atoms with van der Waals surface area (Å²) in [6.45, 7) is 6.91. The Morgan fingerprint density at radius 2 is 2.25 bits per heavy atom. The van der Waals surface area contributed by atoms with E-state index in [-0.39, 0.29) is 6.09 Å². The van der Waals surface area contributed by atoms with Gasteiger partial charge >= 0.3 is 6.09 Å². The van der Waals surface area contributed by atoms with Crippen molar-refractivity contribution in [3.05, 3.63) is 6.92 Å². The highest BCUT2D eigenvalue weighted by Gasteiger charge is 1.98. The fourth-order valence-corrected chi connectivity index (χ4v) is 0.676. The molecule has 0 spiro atoms. The molecule has 0 aromatic heterocycles. The highest BCUT2D eigenvalue weighted by Crippen LogP contribution is 1.89. The van der Waals surface area contributed by atoms with Gasteiger partial charge in [-0.1, -0.05) is 26.7 Å². The molecule has 0 bridgehead atoms. The third-order valence-corrected chi connectivity index (χ3v) is 1.43. The Balaban J connectivity index is 3.10. The van der Waals surface area contributed by atoms with Crippen LogP contribution in [-0.2, 0) is 4.74 Å². The predicted molar refractivity (Wildman–Crippen MR) is 48.8 cm³/mol. The van der Waals surface area contributed by atoms with Crippen molar-refractivity contribution in [3.63, 3.8) is 0 Å². The highest BCUT2D eigenvalue weighted by molar-refractivity contribution is 5.66. The summed E-state index contributed by atoms with van der Waals surface area (Å²) in [6.07, 6.45) is 3.42. The zero-order chi connectivity index (χ0) is 9.23. The van der Waals surface area contributed by atoms with Gasteiger partial charge in [0.2, 0.25) is 0 Å². The Hall–Kier alpha value is -0.730. The lowest BCUT2D eigenvalue weighted by Crippen LogP contribution is -2.25. The molecule has 0 rings (SSSR count). The molecular weight excluding hydrogens is 154 g/mol. The van der Waals surface area contributed by atoms with Crippen LogP contribution in [0.1, 0.15) is 32.6 Å². The lowest BCUT2D eigenvalue weighted by Gasteiger charge is -2.04. The molecule has 1 radical (unpaired) electrons. The maximum absolute atomic E-state index is 10.8. The van der Waals surface area contributed by atoms with Gasteiger partial charge in [-0.25, -0.2) is 4.79 Å². The smallest absolute Gasteiger partial charge is 0.407 e. The van der Waals surface area contributed by atoms with E-state index in [1.807, 2.05) is 0 Å². The molecule has 0 saturated heterocycles. The van der Waals surface area contributed by atoms with Gasteiger partial charge in [-0.3, -0.25) is 0 Å². The summed E-state index contributed by atoms with van der Waals surface area (Å²) >= 11 is 0. The fraction of sp³-hybridized carbons (Fsp3) is 0.778. The van der Waals surface area contributed by atoms with E-state index in [1.165, 1.54) is 0 Å². The number of alkyl carbamates (subject to hydrolysis) is 1. The number of carbonyl (C=O) groups excluding carboxylic acids is 1. The lowest BCUT2D eigenvalue weighted by molar-refractivity contribution is 0.144. The summed E-state index contributed by atoms with van der Waals surface area (Å²) < 4.78 is 4.86. The van der Waals surface area contributed by atoms with Crippen LogP contribution < -0.4 is 5.32 Å². The summed E-state index contributed by atoms with van der Waals surface area (Å²) in [4.78, 5) is 10.8. The fourth-order valence-electron chi connectivity index (χ4n) is 0.676. The first-order chi connectivity index (χ1) is 5.81. The molecule has 0 atom stereocenters. The van der Waals surface area contributed by atoms with E-state index in [4.69, 9.17) is 4.74 Å². The van der Waals surface area contributed by atoms with Crippen LogP contribution in [0.2, 0.25) is 0 Å². The van der Waals surface area contributed by atoms with Crippen molar-refractivity contribution in [3.8, 4) is 0 Å². The van der Waals surface area contributed by atoms with Crippen LogP contribution in [0.4, 0.5) is 4.79 Å². The van der Waals surface area contributed by atoms with Crippen LogP contribution >= 0.6 is 0 Å². The topological polar surface area (TPSA) is 38.3 Å². The van der Waals surface area contributed by atoms with Crippen LogP contribution in [0.15, 0.2) is 0 Å². The normalized spacial score (nSPS) is 9.50. The van der Waals surface area contributed by atoms with Crippen molar-refractivity contribution < 1.29 is 9.53 Å². The molecule has 12 heavy (non-hydrogen) atoms. The van der Waals surface area contributed by atoms with E-state index in [9.17, 15) is 4.79 Å². The minimum absolute atomic E-state index is 0.308.